The van der Waals surface area contributed by atoms with Crippen LogP contribution in [0.4, 0.5) is 0 Å². The van der Waals surface area contributed by atoms with Crippen molar-refractivity contribution in [1.29, 1.82) is 0 Å². The van der Waals surface area contributed by atoms with Gasteiger partial charge >= 0.3 is 0 Å². The number of benzene rings is 2. The van der Waals surface area contributed by atoms with Crippen molar-refractivity contribution in [3.8, 4) is 0 Å². The zero-order valence-corrected chi connectivity index (χ0v) is 13.4. The first-order valence-electron chi connectivity index (χ1n) is 7.70. The maximum Gasteiger partial charge on any atom is 0.0409 e. The van der Waals surface area contributed by atoms with Gasteiger partial charge < -0.3 is 5.32 Å². The molecule has 1 aliphatic carbocycles. The Labute approximate surface area is 132 Å². The highest BCUT2D eigenvalue weighted by atomic mass is 35.5. The Kier molecular flexibility index (Phi) is 4.32. The Morgan fingerprint density at radius 3 is 2.48 bits per heavy atom. The molecule has 110 valence electrons. The summed E-state index contributed by atoms with van der Waals surface area (Å²) in [4.78, 5) is 0. The summed E-state index contributed by atoms with van der Waals surface area (Å²) in [6, 6.07) is 18.1. The summed E-state index contributed by atoms with van der Waals surface area (Å²) in [7, 11) is 0. The summed E-state index contributed by atoms with van der Waals surface area (Å²) >= 11 is 6.06. The van der Waals surface area contributed by atoms with E-state index in [1.807, 2.05) is 12.1 Å². The molecule has 2 aromatic carbocycles. The number of halogens is 1. The minimum Gasteiger partial charge on any atom is -0.307 e. The summed E-state index contributed by atoms with van der Waals surface area (Å²) in [6.45, 7) is 4.35. The monoisotopic (exact) mass is 299 g/mol. The Hall–Kier alpha value is -1.31. The molecule has 0 heterocycles. The molecule has 0 aromatic heterocycles. The van der Waals surface area contributed by atoms with Gasteiger partial charge in [0.25, 0.3) is 0 Å². The van der Waals surface area contributed by atoms with Crippen LogP contribution in [-0.2, 0) is 0 Å². The van der Waals surface area contributed by atoms with Gasteiger partial charge in [-0.1, -0.05) is 53.6 Å². The fourth-order valence-electron chi connectivity index (χ4n) is 3.09. The highest BCUT2D eigenvalue weighted by Gasteiger charge is 2.30. The minimum atomic E-state index is 0.354. The lowest BCUT2D eigenvalue weighted by molar-refractivity contribution is 0.271. The van der Waals surface area contributed by atoms with Crippen molar-refractivity contribution in [1.82, 2.24) is 5.32 Å². The third-order valence-electron chi connectivity index (χ3n) is 4.52. The topological polar surface area (TPSA) is 12.0 Å². The van der Waals surface area contributed by atoms with Crippen LogP contribution in [-0.4, -0.2) is 6.04 Å². The Morgan fingerprint density at radius 1 is 1.10 bits per heavy atom. The third kappa shape index (κ3) is 3.48. The number of hydrogen-bond donors (Lipinski definition) is 1. The zero-order chi connectivity index (χ0) is 14.8. The molecule has 0 bridgehead atoms. The van der Waals surface area contributed by atoms with Crippen LogP contribution in [0.2, 0.25) is 5.02 Å². The van der Waals surface area contributed by atoms with Gasteiger partial charge in [0.05, 0.1) is 0 Å². The van der Waals surface area contributed by atoms with E-state index < -0.39 is 0 Å². The molecular formula is C19H22ClN. The molecule has 0 saturated heterocycles. The number of hydrogen-bond acceptors (Lipinski definition) is 1. The standard InChI is InChI=1S/C19H22ClN/c1-13-6-8-15(9-7-13)17-11-19(12-17)21-14(2)16-4-3-5-18(20)10-16/h3-10,14,17,19,21H,11-12H2,1-2H3/t14-,17?,19?/m1/s1. The van der Waals surface area contributed by atoms with Gasteiger partial charge in [-0.25, -0.2) is 0 Å². The van der Waals surface area contributed by atoms with Crippen LogP contribution in [0.25, 0.3) is 0 Å². The summed E-state index contributed by atoms with van der Waals surface area (Å²) in [6.07, 6.45) is 2.46. The van der Waals surface area contributed by atoms with Crippen molar-refractivity contribution < 1.29 is 0 Å². The van der Waals surface area contributed by atoms with Crippen LogP contribution in [0.1, 0.15) is 48.4 Å². The van der Waals surface area contributed by atoms with Crippen molar-refractivity contribution in [3.63, 3.8) is 0 Å². The van der Waals surface area contributed by atoms with E-state index in [9.17, 15) is 0 Å². The summed E-state index contributed by atoms with van der Waals surface area (Å²) < 4.78 is 0. The number of aryl methyl sites for hydroxylation is 1. The normalized spacial score (nSPS) is 22.6. The first-order chi connectivity index (χ1) is 10.1. The predicted octanol–water partition coefficient (Wildman–Crippen LogP) is 5.25. The lowest BCUT2D eigenvalue weighted by Gasteiger charge is -2.38. The molecule has 2 heteroatoms. The SMILES string of the molecule is Cc1ccc(C2CC(N[C@H](C)c3cccc(Cl)c3)C2)cc1. The van der Waals surface area contributed by atoms with Crippen molar-refractivity contribution in [3.05, 3.63) is 70.2 Å². The van der Waals surface area contributed by atoms with Crippen molar-refractivity contribution in [2.45, 2.75) is 44.7 Å². The zero-order valence-electron chi connectivity index (χ0n) is 12.6. The molecule has 2 aromatic rings. The van der Waals surface area contributed by atoms with E-state index in [2.05, 4.69) is 55.6 Å². The molecule has 0 spiro atoms. The molecule has 0 radical (unpaired) electrons. The third-order valence-corrected chi connectivity index (χ3v) is 4.76. The van der Waals surface area contributed by atoms with E-state index in [0.717, 1.165) is 10.9 Å². The maximum absolute atomic E-state index is 6.06. The molecule has 1 atom stereocenters. The first-order valence-corrected chi connectivity index (χ1v) is 8.07. The molecular weight excluding hydrogens is 278 g/mol. The molecule has 1 saturated carbocycles. The van der Waals surface area contributed by atoms with Gasteiger partial charge in [-0.05, 0) is 55.9 Å². The average molecular weight is 300 g/mol. The lowest BCUT2D eigenvalue weighted by atomic mass is 9.75. The van der Waals surface area contributed by atoms with Gasteiger partial charge in [-0.15, -0.1) is 0 Å². The molecule has 0 amide bonds. The summed E-state index contributed by atoms with van der Waals surface area (Å²) in [5.41, 5.74) is 4.08. The van der Waals surface area contributed by atoms with Crippen LogP contribution in [0.3, 0.4) is 0 Å². The summed E-state index contributed by atoms with van der Waals surface area (Å²) in [5.74, 6) is 0.717. The lowest BCUT2D eigenvalue weighted by Crippen LogP contribution is -2.41. The molecule has 21 heavy (non-hydrogen) atoms. The minimum absolute atomic E-state index is 0.354. The van der Waals surface area contributed by atoms with Crippen molar-refractivity contribution >= 4 is 11.6 Å². The van der Waals surface area contributed by atoms with Crippen LogP contribution in [0, 0.1) is 6.92 Å². The van der Waals surface area contributed by atoms with Gasteiger partial charge in [0, 0.05) is 17.1 Å². The van der Waals surface area contributed by atoms with Crippen molar-refractivity contribution in [2.75, 3.05) is 0 Å². The molecule has 1 aliphatic rings. The van der Waals surface area contributed by atoms with Gasteiger partial charge in [-0.3, -0.25) is 0 Å². The highest BCUT2D eigenvalue weighted by molar-refractivity contribution is 6.30. The van der Waals surface area contributed by atoms with E-state index in [-0.39, 0.29) is 0 Å². The summed E-state index contributed by atoms with van der Waals surface area (Å²) in [5, 5.41) is 4.52. The van der Waals surface area contributed by atoms with Crippen LogP contribution >= 0.6 is 11.6 Å². The molecule has 1 nitrogen and oxygen atoms in total. The largest absolute Gasteiger partial charge is 0.307 e. The van der Waals surface area contributed by atoms with Gasteiger partial charge in [-0.2, -0.15) is 0 Å². The highest BCUT2D eigenvalue weighted by Crippen LogP contribution is 2.38. The quantitative estimate of drug-likeness (QED) is 0.813. The number of rotatable bonds is 4. The smallest absolute Gasteiger partial charge is 0.0409 e. The molecule has 0 aliphatic heterocycles. The fraction of sp³-hybridized carbons (Fsp3) is 0.368. The van der Waals surface area contributed by atoms with E-state index in [4.69, 9.17) is 11.6 Å². The first kappa shape index (κ1) is 14.6. The number of nitrogens with one attached hydrogen (secondary N) is 1. The van der Waals surface area contributed by atoms with Gasteiger partial charge in [0.1, 0.15) is 0 Å². The van der Waals surface area contributed by atoms with Crippen LogP contribution < -0.4 is 5.32 Å². The molecule has 0 unspecified atom stereocenters. The Balaban J connectivity index is 1.54. The predicted molar refractivity (Wildman–Crippen MR) is 89.9 cm³/mol. The second-order valence-corrected chi connectivity index (χ2v) is 6.66. The van der Waals surface area contributed by atoms with E-state index in [1.165, 1.54) is 29.5 Å². The van der Waals surface area contributed by atoms with Crippen molar-refractivity contribution in [2.24, 2.45) is 0 Å². The second-order valence-electron chi connectivity index (χ2n) is 6.22. The molecule has 3 rings (SSSR count). The van der Waals surface area contributed by atoms with E-state index in [1.54, 1.807) is 0 Å². The molecule has 1 fully saturated rings. The second kappa shape index (κ2) is 6.21. The van der Waals surface area contributed by atoms with Gasteiger partial charge in [0.2, 0.25) is 0 Å². The molecule has 1 N–H and O–H groups in total. The van der Waals surface area contributed by atoms with Crippen LogP contribution in [0.5, 0.6) is 0 Å². The Bertz CT molecular complexity index is 599. The average Bonchev–Trinajstić information content (AvgIpc) is 2.43. The van der Waals surface area contributed by atoms with Gasteiger partial charge in [0.15, 0.2) is 0 Å². The van der Waals surface area contributed by atoms with E-state index >= 15 is 0 Å². The Morgan fingerprint density at radius 2 is 1.81 bits per heavy atom. The maximum atomic E-state index is 6.06. The van der Waals surface area contributed by atoms with Crippen LogP contribution in [0.15, 0.2) is 48.5 Å². The fourth-order valence-corrected chi connectivity index (χ4v) is 3.29. The van der Waals surface area contributed by atoms with E-state index in [0.29, 0.717) is 12.1 Å².